The van der Waals surface area contributed by atoms with Gasteiger partial charge >= 0.3 is 5.97 Å². The summed E-state index contributed by atoms with van der Waals surface area (Å²) < 4.78 is 17.7. The number of benzene rings is 1. The van der Waals surface area contributed by atoms with Crippen molar-refractivity contribution in [1.29, 1.82) is 0 Å². The second-order valence-corrected chi connectivity index (χ2v) is 3.48. The Morgan fingerprint density at radius 3 is 2.75 bits per heavy atom. The molecular weight excluding hydrogens is 213 g/mol. The van der Waals surface area contributed by atoms with E-state index in [0.717, 1.165) is 5.56 Å². The van der Waals surface area contributed by atoms with Crippen LogP contribution in [0.4, 0.5) is 4.39 Å². The van der Waals surface area contributed by atoms with Crippen LogP contribution in [0.15, 0.2) is 29.3 Å². The van der Waals surface area contributed by atoms with Gasteiger partial charge in [-0.25, -0.2) is 9.18 Å². The van der Waals surface area contributed by atoms with E-state index in [1.54, 1.807) is 12.1 Å². The van der Waals surface area contributed by atoms with Crippen molar-refractivity contribution >= 4 is 11.9 Å². The number of carbonyl (C=O) groups is 1. The Morgan fingerprint density at radius 2 is 2.19 bits per heavy atom. The predicted molar refractivity (Wildman–Crippen MR) is 54.9 cm³/mol. The number of nitrogens with zero attached hydrogens (tertiary/aromatic N) is 1. The van der Waals surface area contributed by atoms with Gasteiger partial charge in [0.15, 0.2) is 5.90 Å². The molecule has 16 heavy (non-hydrogen) atoms. The first-order valence-corrected chi connectivity index (χ1v) is 4.82. The lowest BCUT2D eigenvalue weighted by Gasteiger charge is -2.06. The van der Waals surface area contributed by atoms with Crippen molar-refractivity contribution in [2.75, 3.05) is 6.54 Å². The number of aliphatic imine (C=N–C) groups is 1. The molecule has 0 spiro atoms. The normalized spacial score (nSPS) is 19.1. The zero-order valence-corrected chi connectivity index (χ0v) is 8.39. The van der Waals surface area contributed by atoms with Gasteiger partial charge in [0.1, 0.15) is 5.82 Å². The van der Waals surface area contributed by atoms with E-state index in [4.69, 9.17) is 9.84 Å². The second kappa shape index (κ2) is 4.30. The first-order valence-electron chi connectivity index (χ1n) is 4.82. The molecule has 1 atom stereocenters. The Hall–Kier alpha value is -1.91. The largest absolute Gasteiger partial charge is 0.478 e. The number of ether oxygens (including phenoxy) is 1. The van der Waals surface area contributed by atoms with Gasteiger partial charge in [0, 0.05) is 6.42 Å². The quantitative estimate of drug-likeness (QED) is 0.838. The Bertz CT molecular complexity index is 427. The lowest BCUT2D eigenvalue weighted by molar-refractivity contribution is -0.144. The van der Waals surface area contributed by atoms with Crippen molar-refractivity contribution in [3.63, 3.8) is 0 Å². The zero-order valence-electron chi connectivity index (χ0n) is 8.39. The van der Waals surface area contributed by atoms with Crippen LogP contribution in [0.5, 0.6) is 0 Å². The van der Waals surface area contributed by atoms with Crippen LogP contribution in [0.1, 0.15) is 5.56 Å². The molecular formula is C11H10FNO3. The third-order valence-corrected chi connectivity index (χ3v) is 2.26. The molecule has 0 amide bonds. The van der Waals surface area contributed by atoms with Crippen LogP contribution in [-0.2, 0) is 16.0 Å². The minimum Gasteiger partial charge on any atom is -0.478 e. The van der Waals surface area contributed by atoms with Gasteiger partial charge in [0.05, 0.1) is 6.54 Å². The molecule has 1 N–H and O–H groups in total. The van der Waals surface area contributed by atoms with Crippen LogP contribution in [-0.4, -0.2) is 29.6 Å². The van der Waals surface area contributed by atoms with Gasteiger partial charge in [0.25, 0.3) is 0 Å². The predicted octanol–water partition coefficient (Wildman–Crippen LogP) is 1.25. The number of aliphatic carboxylic acids is 1. The highest BCUT2D eigenvalue weighted by molar-refractivity contribution is 5.85. The summed E-state index contributed by atoms with van der Waals surface area (Å²) in [6, 6.07) is 5.93. The molecule has 1 heterocycles. The highest BCUT2D eigenvalue weighted by Gasteiger charge is 2.26. The Labute approximate surface area is 91.4 Å². The van der Waals surface area contributed by atoms with Crippen molar-refractivity contribution in [1.82, 2.24) is 0 Å². The summed E-state index contributed by atoms with van der Waals surface area (Å²) >= 11 is 0. The summed E-state index contributed by atoms with van der Waals surface area (Å²) in [6.07, 6.45) is -0.486. The van der Waals surface area contributed by atoms with Crippen molar-refractivity contribution in [3.8, 4) is 0 Å². The summed E-state index contributed by atoms with van der Waals surface area (Å²) in [5.74, 6) is -0.932. The van der Waals surface area contributed by atoms with Gasteiger partial charge in [-0.2, -0.15) is 0 Å². The molecule has 0 fully saturated rings. The topological polar surface area (TPSA) is 58.9 Å². The third kappa shape index (κ3) is 2.36. The molecule has 1 aliphatic rings. The van der Waals surface area contributed by atoms with Crippen LogP contribution < -0.4 is 0 Å². The monoisotopic (exact) mass is 223 g/mol. The van der Waals surface area contributed by atoms with E-state index >= 15 is 0 Å². The van der Waals surface area contributed by atoms with Gasteiger partial charge < -0.3 is 9.84 Å². The Kier molecular flexibility index (Phi) is 2.85. The molecule has 5 heteroatoms. The van der Waals surface area contributed by atoms with Gasteiger partial charge in [-0.05, 0) is 17.7 Å². The summed E-state index contributed by atoms with van der Waals surface area (Å²) in [7, 11) is 0. The van der Waals surface area contributed by atoms with E-state index in [0.29, 0.717) is 12.3 Å². The van der Waals surface area contributed by atoms with Crippen LogP contribution in [0.3, 0.4) is 0 Å². The molecule has 0 saturated heterocycles. The van der Waals surface area contributed by atoms with Crippen LogP contribution in [0, 0.1) is 5.82 Å². The van der Waals surface area contributed by atoms with Crippen molar-refractivity contribution in [2.24, 2.45) is 4.99 Å². The number of rotatable bonds is 3. The summed E-state index contributed by atoms with van der Waals surface area (Å²) in [5.41, 5.74) is 0.839. The number of carboxylic acids is 1. The molecule has 1 aliphatic heterocycles. The highest BCUT2D eigenvalue weighted by atomic mass is 19.1. The fourth-order valence-corrected chi connectivity index (χ4v) is 1.43. The average molecular weight is 223 g/mol. The van der Waals surface area contributed by atoms with E-state index in [1.807, 2.05) is 0 Å². The average Bonchev–Trinajstić information content (AvgIpc) is 2.70. The maximum absolute atomic E-state index is 12.6. The van der Waals surface area contributed by atoms with E-state index in [-0.39, 0.29) is 12.4 Å². The van der Waals surface area contributed by atoms with Crippen LogP contribution in [0.2, 0.25) is 0 Å². The standard InChI is InChI=1S/C11H10FNO3/c12-8-3-1-7(2-4-8)5-10-13-6-9(16-10)11(14)15/h1-4,9H,5-6H2,(H,14,15). The van der Waals surface area contributed by atoms with Crippen LogP contribution >= 0.6 is 0 Å². The molecule has 0 saturated carbocycles. The highest BCUT2D eigenvalue weighted by Crippen LogP contribution is 2.11. The number of carboxylic acid groups (broad SMARTS) is 1. The molecule has 1 aromatic carbocycles. The minimum absolute atomic E-state index is 0.145. The fourth-order valence-electron chi connectivity index (χ4n) is 1.43. The molecule has 0 bridgehead atoms. The zero-order chi connectivity index (χ0) is 11.5. The lowest BCUT2D eigenvalue weighted by Crippen LogP contribution is -2.24. The molecule has 84 valence electrons. The van der Waals surface area contributed by atoms with E-state index in [9.17, 15) is 9.18 Å². The fraction of sp³-hybridized carbons (Fsp3) is 0.273. The lowest BCUT2D eigenvalue weighted by atomic mass is 10.1. The van der Waals surface area contributed by atoms with Crippen molar-refractivity contribution in [2.45, 2.75) is 12.5 Å². The summed E-state index contributed by atoms with van der Waals surface area (Å²) in [5, 5.41) is 8.69. The molecule has 4 nitrogen and oxygen atoms in total. The maximum Gasteiger partial charge on any atom is 0.346 e. The van der Waals surface area contributed by atoms with E-state index in [2.05, 4.69) is 4.99 Å². The SMILES string of the molecule is O=C(O)C1CN=C(Cc2ccc(F)cc2)O1. The second-order valence-electron chi connectivity index (χ2n) is 3.48. The summed E-state index contributed by atoms with van der Waals surface area (Å²) in [4.78, 5) is 14.6. The van der Waals surface area contributed by atoms with E-state index in [1.165, 1.54) is 12.1 Å². The molecule has 0 aromatic heterocycles. The van der Waals surface area contributed by atoms with Crippen molar-refractivity contribution < 1.29 is 19.0 Å². The summed E-state index contributed by atoms with van der Waals surface area (Å²) in [6.45, 7) is 0.145. The number of halogens is 1. The van der Waals surface area contributed by atoms with E-state index < -0.39 is 12.1 Å². The first-order chi connectivity index (χ1) is 7.65. The van der Waals surface area contributed by atoms with Crippen molar-refractivity contribution in [3.05, 3.63) is 35.6 Å². The van der Waals surface area contributed by atoms with Gasteiger partial charge in [0.2, 0.25) is 6.10 Å². The number of hydrogen-bond donors (Lipinski definition) is 1. The Morgan fingerprint density at radius 1 is 1.50 bits per heavy atom. The third-order valence-electron chi connectivity index (χ3n) is 2.26. The molecule has 1 unspecified atom stereocenters. The smallest absolute Gasteiger partial charge is 0.346 e. The molecule has 0 aliphatic carbocycles. The maximum atomic E-state index is 12.6. The molecule has 1 aromatic rings. The Balaban J connectivity index is 1.97. The van der Waals surface area contributed by atoms with Crippen LogP contribution in [0.25, 0.3) is 0 Å². The first kappa shape index (κ1) is 10.6. The van der Waals surface area contributed by atoms with Gasteiger partial charge in [-0.15, -0.1) is 0 Å². The molecule has 0 radical (unpaired) electrons. The van der Waals surface area contributed by atoms with Gasteiger partial charge in [-0.3, -0.25) is 4.99 Å². The number of hydrogen-bond acceptors (Lipinski definition) is 3. The van der Waals surface area contributed by atoms with Gasteiger partial charge in [-0.1, -0.05) is 12.1 Å². The molecule has 2 rings (SSSR count). The minimum atomic E-state index is -1.02.